The Morgan fingerprint density at radius 1 is 1.25 bits per heavy atom. The molecule has 3 aromatic carbocycles. The van der Waals surface area contributed by atoms with Gasteiger partial charge in [-0.1, -0.05) is 29.4 Å². The van der Waals surface area contributed by atoms with E-state index in [9.17, 15) is 0 Å². The molecule has 0 aliphatic heterocycles. The standard InChI is InChI=1S/C9H5N.C3H4N2O/c10-6-9-5-7-1-3-8(9)4-2-7;1-3-4-2-5-6-3/h1-5H;2H,1H3. The van der Waals surface area contributed by atoms with Crippen molar-refractivity contribution >= 4 is 10.8 Å². The summed E-state index contributed by atoms with van der Waals surface area (Å²) in [5.41, 5.74) is 0.778. The van der Waals surface area contributed by atoms with Crippen molar-refractivity contribution in [3.05, 3.63) is 48.1 Å². The summed E-state index contributed by atoms with van der Waals surface area (Å²) in [6.07, 6.45) is 1.37. The van der Waals surface area contributed by atoms with Crippen molar-refractivity contribution in [1.29, 1.82) is 5.26 Å². The maximum atomic E-state index is 8.59. The summed E-state index contributed by atoms with van der Waals surface area (Å²) in [7, 11) is 0. The minimum atomic E-state index is 0.606. The lowest BCUT2D eigenvalue weighted by atomic mass is 10.1. The third-order valence-corrected chi connectivity index (χ3v) is 2.12. The van der Waals surface area contributed by atoms with Gasteiger partial charge >= 0.3 is 0 Å². The summed E-state index contributed by atoms with van der Waals surface area (Å²) >= 11 is 0. The second-order valence-corrected chi connectivity index (χ2v) is 3.25. The highest BCUT2D eigenvalue weighted by molar-refractivity contribution is 5.76. The Morgan fingerprint density at radius 2 is 2.00 bits per heavy atom. The molecule has 0 saturated heterocycles. The average molecular weight is 211 g/mol. The van der Waals surface area contributed by atoms with Gasteiger partial charge in [-0.25, -0.2) is 0 Å². The number of nitriles is 1. The molecule has 0 aliphatic rings. The van der Waals surface area contributed by atoms with Crippen LogP contribution in [0.15, 0.2) is 41.2 Å². The lowest BCUT2D eigenvalue weighted by Crippen LogP contribution is -1.78. The lowest BCUT2D eigenvalue weighted by molar-refractivity contribution is 0.392. The second-order valence-electron chi connectivity index (χ2n) is 3.25. The van der Waals surface area contributed by atoms with Crippen LogP contribution in [0, 0.1) is 18.3 Å². The van der Waals surface area contributed by atoms with Crippen molar-refractivity contribution in [1.82, 2.24) is 10.1 Å². The fourth-order valence-electron chi connectivity index (χ4n) is 1.33. The maximum absolute atomic E-state index is 8.59. The van der Waals surface area contributed by atoms with Gasteiger partial charge in [0, 0.05) is 6.92 Å². The van der Waals surface area contributed by atoms with Gasteiger partial charge in [-0.3, -0.25) is 0 Å². The molecule has 4 aromatic rings. The summed E-state index contributed by atoms with van der Waals surface area (Å²) < 4.78 is 4.47. The summed E-state index contributed by atoms with van der Waals surface area (Å²) in [5.74, 6) is 0.606. The number of benzene rings is 3. The van der Waals surface area contributed by atoms with Gasteiger partial charge in [0.25, 0.3) is 0 Å². The van der Waals surface area contributed by atoms with Crippen LogP contribution in [0.25, 0.3) is 10.8 Å². The molecule has 16 heavy (non-hydrogen) atoms. The van der Waals surface area contributed by atoms with Gasteiger partial charge in [0.15, 0.2) is 6.33 Å². The van der Waals surface area contributed by atoms with Crippen molar-refractivity contribution in [3.63, 3.8) is 0 Å². The molecule has 0 N–H and O–H groups in total. The molecule has 0 radical (unpaired) electrons. The topological polar surface area (TPSA) is 62.7 Å². The summed E-state index contributed by atoms with van der Waals surface area (Å²) in [6.45, 7) is 1.74. The van der Waals surface area contributed by atoms with Crippen molar-refractivity contribution in [2.24, 2.45) is 0 Å². The Balaban J connectivity index is 0.000000138. The first-order chi connectivity index (χ1) is 7.79. The molecule has 0 fully saturated rings. The number of aryl methyl sites for hydroxylation is 1. The normalized spacial score (nSPS) is 9.50. The zero-order chi connectivity index (χ0) is 11.4. The van der Waals surface area contributed by atoms with Gasteiger partial charge in [-0.2, -0.15) is 10.2 Å². The van der Waals surface area contributed by atoms with Crippen LogP contribution in [0.2, 0.25) is 0 Å². The first-order valence-corrected chi connectivity index (χ1v) is 4.75. The van der Waals surface area contributed by atoms with E-state index in [-0.39, 0.29) is 0 Å². The van der Waals surface area contributed by atoms with Crippen molar-refractivity contribution in [2.75, 3.05) is 0 Å². The van der Waals surface area contributed by atoms with Gasteiger partial charge in [-0.05, 0) is 16.8 Å². The summed E-state index contributed by atoms with van der Waals surface area (Å²) in [4.78, 5) is 3.64. The average Bonchev–Trinajstić information content (AvgIpc) is 2.82. The predicted molar refractivity (Wildman–Crippen MR) is 58.9 cm³/mol. The van der Waals surface area contributed by atoms with E-state index in [0.29, 0.717) is 5.89 Å². The van der Waals surface area contributed by atoms with Crippen LogP contribution in [0.1, 0.15) is 11.5 Å². The number of nitrogens with zero attached hydrogens (tertiary/aromatic N) is 3. The monoisotopic (exact) mass is 211 g/mol. The predicted octanol–water partition coefficient (Wildman–Crippen LogP) is 2.53. The molecule has 4 rings (SSSR count). The van der Waals surface area contributed by atoms with E-state index in [4.69, 9.17) is 5.26 Å². The molecule has 4 nitrogen and oxygen atoms in total. The third kappa shape index (κ3) is 2.15. The Labute approximate surface area is 92.5 Å². The van der Waals surface area contributed by atoms with Crippen LogP contribution in [-0.2, 0) is 0 Å². The Hall–Kier alpha value is -2.41. The van der Waals surface area contributed by atoms with Crippen LogP contribution < -0.4 is 0 Å². The fraction of sp³-hybridized carbons (Fsp3) is 0.0833. The van der Waals surface area contributed by atoms with E-state index in [0.717, 1.165) is 16.3 Å². The molecular formula is C12H9N3O. The third-order valence-electron chi connectivity index (χ3n) is 2.12. The first kappa shape index (κ1) is 10.1. The maximum Gasteiger partial charge on any atom is 0.223 e. The number of hydrogen-bond acceptors (Lipinski definition) is 4. The molecule has 0 amide bonds. The molecule has 0 unspecified atom stereocenters. The molecule has 0 aliphatic carbocycles. The summed E-state index contributed by atoms with van der Waals surface area (Å²) in [6, 6.07) is 12.0. The second kappa shape index (κ2) is 4.41. The minimum Gasteiger partial charge on any atom is -0.340 e. The smallest absolute Gasteiger partial charge is 0.223 e. The molecule has 0 atom stereocenters. The summed E-state index contributed by atoms with van der Waals surface area (Å²) in [5, 5.41) is 14.1. The molecule has 1 aromatic heterocycles. The van der Waals surface area contributed by atoms with Crippen molar-refractivity contribution < 1.29 is 4.52 Å². The van der Waals surface area contributed by atoms with Gasteiger partial charge in [0.2, 0.25) is 5.89 Å². The fourth-order valence-corrected chi connectivity index (χ4v) is 1.33. The zero-order valence-electron chi connectivity index (χ0n) is 8.71. The molecule has 1 heterocycles. The molecule has 0 saturated carbocycles. The highest BCUT2D eigenvalue weighted by Crippen LogP contribution is 2.16. The van der Waals surface area contributed by atoms with Gasteiger partial charge in [-0.15, -0.1) is 0 Å². The van der Waals surface area contributed by atoms with E-state index in [1.807, 2.05) is 30.3 Å². The Bertz CT molecular complexity index is 575. The highest BCUT2D eigenvalue weighted by atomic mass is 16.5. The SMILES string of the molecule is Cc1ncno1.N#Cc1cc2ccc1cc2. The van der Waals surface area contributed by atoms with Crippen LogP contribution in [-0.4, -0.2) is 10.1 Å². The van der Waals surface area contributed by atoms with Crippen LogP contribution >= 0.6 is 0 Å². The van der Waals surface area contributed by atoms with E-state index in [2.05, 4.69) is 20.7 Å². The van der Waals surface area contributed by atoms with E-state index in [1.54, 1.807) is 6.92 Å². The van der Waals surface area contributed by atoms with Gasteiger partial charge in [0.05, 0.1) is 11.6 Å². The first-order valence-electron chi connectivity index (χ1n) is 4.75. The Kier molecular flexibility index (Phi) is 2.79. The Morgan fingerprint density at radius 3 is 2.25 bits per heavy atom. The molecule has 4 heteroatoms. The molecule has 2 bridgehead atoms. The number of rotatable bonds is 0. The molecule has 0 spiro atoms. The van der Waals surface area contributed by atoms with E-state index in [1.165, 1.54) is 6.33 Å². The zero-order valence-corrected chi connectivity index (χ0v) is 8.71. The quantitative estimate of drug-likeness (QED) is 0.573. The van der Waals surface area contributed by atoms with Gasteiger partial charge < -0.3 is 4.52 Å². The molecule has 78 valence electrons. The van der Waals surface area contributed by atoms with Crippen molar-refractivity contribution in [3.8, 4) is 6.07 Å². The lowest BCUT2D eigenvalue weighted by Gasteiger charge is -1.97. The van der Waals surface area contributed by atoms with Gasteiger partial charge in [0.1, 0.15) is 0 Å². The highest BCUT2D eigenvalue weighted by Gasteiger charge is 1.96. The number of hydrogen-bond donors (Lipinski definition) is 0. The van der Waals surface area contributed by atoms with Crippen LogP contribution in [0.5, 0.6) is 0 Å². The number of aromatic nitrogens is 2. The minimum absolute atomic E-state index is 0.606. The largest absolute Gasteiger partial charge is 0.340 e. The van der Waals surface area contributed by atoms with Crippen molar-refractivity contribution in [2.45, 2.75) is 6.92 Å². The molecular weight excluding hydrogens is 202 g/mol. The van der Waals surface area contributed by atoms with Crippen LogP contribution in [0.4, 0.5) is 0 Å². The van der Waals surface area contributed by atoms with E-state index < -0.39 is 0 Å². The van der Waals surface area contributed by atoms with E-state index >= 15 is 0 Å². The van der Waals surface area contributed by atoms with Crippen LogP contribution in [0.3, 0.4) is 0 Å². The number of fused-ring (bicyclic) bond motifs is 3.